The fraction of sp³-hybridized carbons (Fsp3) is 0.625. The van der Waals surface area contributed by atoms with E-state index in [0.29, 0.717) is 13.1 Å². The molecule has 0 bridgehead atoms. The molecule has 0 aliphatic carbocycles. The smallest absolute Gasteiger partial charge is 0.314 e. The quantitative estimate of drug-likeness (QED) is 0.701. The van der Waals surface area contributed by atoms with Crippen molar-refractivity contribution < 1.29 is 9.90 Å². The number of urea groups is 1. The van der Waals surface area contributed by atoms with Crippen LogP contribution in [0, 0.1) is 0 Å². The van der Waals surface area contributed by atoms with Gasteiger partial charge in [-0.25, -0.2) is 4.79 Å². The van der Waals surface area contributed by atoms with Crippen molar-refractivity contribution in [2.24, 2.45) is 0 Å². The van der Waals surface area contributed by atoms with Gasteiger partial charge in [-0.05, 0) is 38.7 Å². The molecular formula is C16H28N4O2. The number of rotatable bonds is 7. The van der Waals surface area contributed by atoms with Crippen LogP contribution in [0.3, 0.4) is 0 Å². The Morgan fingerprint density at radius 1 is 1.18 bits per heavy atom. The second-order valence-electron chi connectivity index (χ2n) is 6.89. The fourth-order valence-electron chi connectivity index (χ4n) is 2.28. The normalized spacial score (nSPS) is 14.5. The van der Waals surface area contributed by atoms with Crippen molar-refractivity contribution in [2.75, 3.05) is 33.7 Å². The first-order valence-corrected chi connectivity index (χ1v) is 7.42. The van der Waals surface area contributed by atoms with E-state index in [0.717, 1.165) is 5.56 Å². The van der Waals surface area contributed by atoms with Gasteiger partial charge in [-0.15, -0.1) is 0 Å². The van der Waals surface area contributed by atoms with Gasteiger partial charge in [-0.3, -0.25) is 4.98 Å². The van der Waals surface area contributed by atoms with Crippen molar-refractivity contribution in [1.29, 1.82) is 0 Å². The maximum Gasteiger partial charge on any atom is 0.314 e. The Hall–Kier alpha value is -1.66. The summed E-state index contributed by atoms with van der Waals surface area (Å²) in [6.45, 7) is 7.00. The number of aromatic nitrogens is 1. The summed E-state index contributed by atoms with van der Waals surface area (Å²) in [5, 5.41) is 15.7. The van der Waals surface area contributed by atoms with E-state index in [4.69, 9.17) is 0 Å². The van der Waals surface area contributed by atoms with Crippen LogP contribution < -0.4 is 10.6 Å². The largest absolute Gasteiger partial charge is 0.387 e. The van der Waals surface area contributed by atoms with Gasteiger partial charge in [0.1, 0.15) is 0 Å². The highest BCUT2D eigenvalue weighted by atomic mass is 16.3. The average Bonchev–Trinajstić information content (AvgIpc) is 2.43. The lowest BCUT2D eigenvalue weighted by Crippen LogP contribution is -2.50. The Bertz CT molecular complexity index is 472. The molecule has 124 valence electrons. The minimum atomic E-state index is -0.957. The molecule has 6 nitrogen and oxygen atoms in total. The maximum absolute atomic E-state index is 11.9. The van der Waals surface area contributed by atoms with Crippen molar-refractivity contribution in [3.63, 3.8) is 0 Å². The van der Waals surface area contributed by atoms with Gasteiger partial charge >= 0.3 is 6.03 Å². The van der Waals surface area contributed by atoms with Crippen LogP contribution in [0.25, 0.3) is 0 Å². The van der Waals surface area contributed by atoms with Gasteiger partial charge in [-0.2, -0.15) is 0 Å². The molecule has 0 aromatic carbocycles. The zero-order valence-electron chi connectivity index (χ0n) is 14.2. The molecule has 1 rings (SSSR count). The standard InChI is InChI=1S/C16H28N4O2/c1-15(2,13-6-8-17-9-7-13)10-18-14(21)19-11-16(3,22)12-20(4)5/h6-9,22H,10-12H2,1-5H3,(H2,18,19,21). The average molecular weight is 308 g/mol. The number of pyridine rings is 1. The maximum atomic E-state index is 11.9. The number of hydrogen-bond acceptors (Lipinski definition) is 4. The summed E-state index contributed by atoms with van der Waals surface area (Å²) in [4.78, 5) is 17.8. The molecule has 0 saturated carbocycles. The van der Waals surface area contributed by atoms with Crippen LogP contribution in [0.15, 0.2) is 24.5 Å². The van der Waals surface area contributed by atoms with E-state index >= 15 is 0 Å². The lowest BCUT2D eigenvalue weighted by atomic mass is 9.85. The highest BCUT2D eigenvalue weighted by molar-refractivity contribution is 5.74. The van der Waals surface area contributed by atoms with Crippen molar-refractivity contribution in [3.05, 3.63) is 30.1 Å². The van der Waals surface area contributed by atoms with E-state index in [2.05, 4.69) is 29.5 Å². The number of likely N-dealkylation sites (N-methyl/N-ethyl adjacent to an activating group) is 1. The van der Waals surface area contributed by atoms with E-state index in [1.54, 1.807) is 19.3 Å². The number of carbonyl (C=O) groups is 1. The van der Waals surface area contributed by atoms with E-state index in [-0.39, 0.29) is 18.0 Å². The highest BCUT2D eigenvalue weighted by Gasteiger charge is 2.24. The summed E-state index contributed by atoms with van der Waals surface area (Å²) in [6.07, 6.45) is 3.49. The summed E-state index contributed by atoms with van der Waals surface area (Å²) in [5.74, 6) is 0. The third-order valence-electron chi connectivity index (χ3n) is 3.44. The SMILES string of the molecule is CN(C)CC(C)(O)CNC(=O)NCC(C)(C)c1ccncc1. The zero-order valence-corrected chi connectivity index (χ0v) is 14.2. The Morgan fingerprint density at radius 3 is 2.27 bits per heavy atom. The predicted molar refractivity (Wildman–Crippen MR) is 87.8 cm³/mol. The summed E-state index contributed by atoms with van der Waals surface area (Å²) >= 11 is 0. The van der Waals surface area contributed by atoms with Gasteiger partial charge in [0, 0.05) is 37.4 Å². The van der Waals surface area contributed by atoms with Crippen LogP contribution in [-0.4, -0.2) is 60.4 Å². The molecule has 0 aliphatic heterocycles. The molecule has 1 aromatic heterocycles. The van der Waals surface area contributed by atoms with Crippen molar-refractivity contribution >= 4 is 6.03 Å². The summed E-state index contributed by atoms with van der Waals surface area (Å²) in [7, 11) is 3.76. The molecule has 0 aliphatic rings. The first kappa shape index (κ1) is 18.4. The van der Waals surface area contributed by atoms with Crippen molar-refractivity contribution in [1.82, 2.24) is 20.5 Å². The number of nitrogens with zero attached hydrogens (tertiary/aromatic N) is 2. The van der Waals surface area contributed by atoms with Crippen molar-refractivity contribution in [2.45, 2.75) is 31.8 Å². The molecule has 1 aromatic rings. The Balaban J connectivity index is 2.43. The van der Waals surface area contributed by atoms with Crippen LogP contribution >= 0.6 is 0 Å². The van der Waals surface area contributed by atoms with Gasteiger partial charge in [0.2, 0.25) is 0 Å². The van der Waals surface area contributed by atoms with E-state index in [1.807, 2.05) is 31.1 Å². The third-order valence-corrected chi connectivity index (χ3v) is 3.44. The Labute approximate surface area is 132 Å². The molecule has 2 amide bonds. The lowest BCUT2D eigenvalue weighted by molar-refractivity contribution is 0.0360. The zero-order chi connectivity index (χ0) is 16.8. The molecule has 1 heterocycles. The Morgan fingerprint density at radius 2 is 1.73 bits per heavy atom. The third kappa shape index (κ3) is 6.41. The predicted octanol–water partition coefficient (Wildman–Crippen LogP) is 0.971. The number of amides is 2. The molecule has 0 saturated heterocycles. The molecule has 0 fully saturated rings. The summed E-state index contributed by atoms with van der Waals surface area (Å²) in [5.41, 5.74) is -0.0316. The fourth-order valence-corrected chi connectivity index (χ4v) is 2.28. The van der Waals surface area contributed by atoms with Gasteiger partial charge in [0.25, 0.3) is 0 Å². The van der Waals surface area contributed by atoms with E-state index in [9.17, 15) is 9.90 Å². The van der Waals surface area contributed by atoms with Gasteiger partial charge in [0.05, 0.1) is 5.60 Å². The first-order valence-electron chi connectivity index (χ1n) is 7.42. The van der Waals surface area contributed by atoms with Crippen LogP contribution in [0.1, 0.15) is 26.3 Å². The molecule has 6 heteroatoms. The number of aliphatic hydroxyl groups is 1. The minimum absolute atomic E-state index is 0.188. The molecular weight excluding hydrogens is 280 g/mol. The van der Waals surface area contributed by atoms with Crippen molar-refractivity contribution in [3.8, 4) is 0 Å². The van der Waals surface area contributed by atoms with Gasteiger partial charge in [0.15, 0.2) is 0 Å². The Kier molecular flexibility index (Phi) is 6.32. The molecule has 0 spiro atoms. The van der Waals surface area contributed by atoms with Gasteiger partial charge in [-0.1, -0.05) is 13.8 Å². The molecule has 0 radical (unpaired) electrons. The van der Waals surface area contributed by atoms with E-state index in [1.165, 1.54) is 0 Å². The minimum Gasteiger partial charge on any atom is -0.387 e. The molecule has 22 heavy (non-hydrogen) atoms. The molecule has 1 unspecified atom stereocenters. The topological polar surface area (TPSA) is 77.5 Å². The van der Waals surface area contributed by atoms with Crippen LogP contribution in [0.4, 0.5) is 4.79 Å². The second-order valence-corrected chi connectivity index (χ2v) is 6.89. The second kappa shape index (κ2) is 7.56. The molecule has 1 atom stereocenters. The van der Waals surface area contributed by atoms with Gasteiger partial charge < -0.3 is 20.6 Å². The van der Waals surface area contributed by atoms with Crippen LogP contribution in [0.5, 0.6) is 0 Å². The van der Waals surface area contributed by atoms with Crippen LogP contribution in [-0.2, 0) is 5.41 Å². The highest BCUT2D eigenvalue weighted by Crippen LogP contribution is 2.21. The summed E-state index contributed by atoms with van der Waals surface area (Å²) in [6, 6.07) is 3.62. The monoisotopic (exact) mass is 308 g/mol. The first-order chi connectivity index (χ1) is 10.1. The van der Waals surface area contributed by atoms with E-state index < -0.39 is 5.60 Å². The molecule has 3 N–H and O–H groups in total. The number of nitrogens with one attached hydrogen (secondary N) is 2. The number of carbonyl (C=O) groups excluding carboxylic acids is 1. The summed E-state index contributed by atoms with van der Waals surface area (Å²) < 4.78 is 0. The number of hydrogen-bond donors (Lipinski definition) is 3. The van der Waals surface area contributed by atoms with Crippen LogP contribution in [0.2, 0.25) is 0 Å². The lowest BCUT2D eigenvalue weighted by Gasteiger charge is -2.28.